The van der Waals surface area contributed by atoms with E-state index >= 15 is 0 Å². The first-order valence-corrected chi connectivity index (χ1v) is 9.42. The predicted octanol–water partition coefficient (Wildman–Crippen LogP) is 3.29. The Morgan fingerprint density at radius 2 is 2.11 bits per heavy atom. The summed E-state index contributed by atoms with van der Waals surface area (Å²) >= 11 is 6.14. The van der Waals surface area contributed by atoms with Crippen LogP contribution in [0.1, 0.15) is 11.6 Å². The molecule has 1 unspecified atom stereocenters. The van der Waals surface area contributed by atoms with E-state index in [1.54, 1.807) is 37.4 Å². The Hall–Kier alpha value is -2.35. The van der Waals surface area contributed by atoms with Crippen LogP contribution in [0.15, 0.2) is 47.5 Å². The number of nitrogens with zero attached hydrogens (tertiary/aromatic N) is 2. The molecule has 150 valence electrons. The van der Waals surface area contributed by atoms with Gasteiger partial charge in [0.05, 0.1) is 37.9 Å². The standard InChI is InChI=1S/C20H24ClFN4O2/c1-27-19-6-5-16(12-17(19)21)25-20(23)24-13-18(26-7-9-28-10-8-26)14-3-2-4-15(22)11-14/h2-6,11-12,18H,7-10,13H2,1H3,(H3,23,24,25). The minimum atomic E-state index is -0.265. The predicted molar refractivity (Wildman–Crippen MR) is 110 cm³/mol. The van der Waals surface area contributed by atoms with Gasteiger partial charge in [-0.05, 0) is 35.9 Å². The van der Waals surface area contributed by atoms with E-state index < -0.39 is 0 Å². The van der Waals surface area contributed by atoms with Crippen molar-refractivity contribution in [2.24, 2.45) is 10.7 Å². The van der Waals surface area contributed by atoms with E-state index in [4.69, 9.17) is 26.8 Å². The Bertz CT molecular complexity index is 828. The smallest absolute Gasteiger partial charge is 0.193 e. The van der Waals surface area contributed by atoms with Crippen molar-refractivity contribution in [3.63, 3.8) is 0 Å². The number of nitrogens with one attached hydrogen (secondary N) is 1. The molecule has 0 spiro atoms. The van der Waals surface area contributed by atoms with Crippen molar-refractivity contribution in [3.05, 3.63) is 58.9 Å². The average molecular weight is 407 g/mol. The number of guanidine groups is 1. The molecule has 2 aromatic rings. The summed E-state index contributed by atoms with van der Waals surface area (Å²) in [5.41, 5.74) is 7.64. The van der Waals surface area contributed by atoms with Crippen LogP contribution in [0.2, 0.25) is 5.02 Å². The summed E-state index contributed by atoms with van der Waals surface area (Å²) in [6.07, 6.45) is 0. The van der Waals surface area contributed by atoms with Crippen molar-refractivity contribution in [1.82, 2.24) is 4.90 Å². The van der Waals surface area contributed by atoms with Crippen LogP contribution in [0, 0.1) is 5.82 Å². The topological polar surface area (TPSA) is 72.1 Å². The van der Waals surface area contributed by atoms with Gasteiger partial charge in [0.2, 0.25) is 0 Å². The number of halogens is 2. The third-order valence-electron chi connectivity index (χ3n) is 4.58. The Morgan fingerprint density at radius 3 is 2.79 bits per heavy atom. The molecule has 0 bridgehead atoms. The van der Waals surface area contributed by atoms with Crippen LogP contribution in [0.3, 0.4) is 0 Å². The second kappa shape index (κ2) is 9.73. The zero-order valence-corrected chi connectivity index (χ0v) is 16.5. The van der Waals surface area contributed by atoms with E-state index in [-0.39, 0.29) is 17.8 Å². The SMILES string of the molecule is COc1ccc(NC(N)=NCC(c2cccc(F)c2)N2CCOCC2)cc1Cl. The minimum Gasteiger partial charge on any atom is -0.495 e. The van der Waals surface area contributed by atoms with Gasteiger partial charge in [0, 0.05) is 18.8 Å². The highest BCUT2D eigenvalue weighted by atomic mass is 35.5. The summed E-state index contributed by atoms with van der Waals surface area (Å²) in [6, 6.07) is 11.8. The quantitative estimate of drug-likeness (QED) is 0.569. The molecule has 0 aromatic heterocycles. The van der Waals surface area contributed by atoms with Crippen molar-refractivity contribution in [1.29, 1.82) is 0 Å². The fraction of sp³-hybridized carbons (Fsp3) is 0.350. The number of nitrogens with two attached hydrogens (primary N) is 1. The van der Waals surface area contributed by atoms with E-state index in [2.05, 4.69) is 15.2 Å². The number of aliphatic imine (C=N–C) groups is 1. The van der Waals surface area contributed by atoms with Gasteiger partial charge in [-0.1, -0.05) is 23.7 Å². The molecule has 0 saturated carbocycles. The Labute approximate surface area is 169 Å². The highest BCUT2D eigenvalue weighted by molar-refractivity contribution is 6.32. The van der Waals surface area contributed by atoms with E-state index in [9.17, 15) is 4.39 Å². The number of morpholine rings is 1. The van der Waals surface area contributed by atoms with Gasteiger partial charge in [-0.25, -0.2) is 4.39 Å². The number of benzene rings is 2. The molecule has 3 N–H and O–H groups in total. The van der Waals surface area contributed by atoms with Gasteiger partial charge in [0.15, 0.2) is 5.96 Å². The molecule has 28 heavy (non-hydrogen) atoms. The van der Waals surface area contributed by atoms with Crippen LogP contribution in [0.25, 0.3) is 0 Å². The van der Waals surface area contributed by atoms with Gasteiger partial charge in [0.1, 0.15) is 11.6 Å². The van der Waals surface area contributed by atoms with Gasteiger partial charge < -0.3 is 20.5 Å². The highest BCUT2D eigenvalue weighted by Gasteiger charge is 2.23. The summed E-state index contributed by atoms with van der Waals surface area (Å²) in [5.74, 6) is 0.579. The lowest BCUT2D eigenvalue weighted by molar-refractivity contribution is 0.0179. The molecular formula is C20H24ClFN4O2. The van der Waals surface area contributed by atoms with Crippen LogP contribution in [-0.4, -0.2) is 50.8 Å². The van der Waals surface area contributed by atoms with Crippen LogP contribution in [0.5, 0.6) is 5.75 Å². The molecule has 1 fully saturated rings. The Morgan fingerprint density at radius 1 is 1.32 bits per heavy atom. The summed E-state index contributed by atoms with van der Waals surface area (Å²) in [7, 11) is 1.56. The maximum atomic E-state index is 13.7. The van der Waals surface area contributed by atoms with Crippen molar-refractivity contribution in [3.8, 4) is 5.75 Å². The van der Waals surface area contributed by atoms with E-state index in [1.807, 2.05) is 6.07 Å². The van der Waals surface area contributed by atoms with Gasteiger partial charge in [-0.15, -0.1) is 0 Å². The molecular weight excluding hydrogens is 383 g/mol. The summed E-state index contributed by atoms with van der Waals surface area (Å²) in [5, 5.41) is 3.50. The lowest BCUT2D eigenvalue weighted by Gasteiger charge is -2.34. The number of hydrogen-bond acceptors (Lipinski definition) is 4. The Balaban J connectivity index is 1.73. The highest BCUT2D eigenvalue weighted by Crippen LogP contribution is 2.27. The van der Waals surface area contributed by atoms with Gasteiger partial charge in [0.25, 0.3) is 0 Å². The molecule has 1 aliphatic heterocycles. The molecule has 1 atom stereocenters. The lowest BCUT2D eigenvalue weighted by atomic mass is 10.0. The molecule has 1 aliphatic rings. The zero-order chi connectivity index (χ0) is 19.9. The first kappa shape index (κ1) is 20.4. The molecule has 0 radical (unpaired) electrons. The normalized spacial score (nSPS) is 16.6. The fourth-order valence-electron chi connectivity index (χ4n) is 3.15. The van der Waals surface area contributed by atoms with Crippen LogP contribution < -0.4 is 15.8 Å². The lowest BCUT2D eigenvalue weighted by Crippen LogP contribution is -2.40. The number of hydrogen-bond donors (Lipinski definition) is 2. The molecule has 1 saturated heterocycles. The van der Waals surface area contributed by atoms with E-state index in [0.29, 0.717) is 36.2 Å². The van der Waals surface area contributed by atoms with Gasteiger partial charge in [-0.2, -0.15) is 0 Å². The average Bonchev–Trinajstić information content (AvgIpc) is 2.69. The van der Waals surface area contributed by atoms with E-state index in [0.717, 1.165) is 18.7 Å². The Kier molecular flexibility index (Phi) is 7.08. The van der Waals surface area contributed by atoms with Crippen LogP contribution >= 0.6 is 11.6 Å². The molecule has 3 rings (SSSR count). The molecule has 0 amide bonds. The second-order valence-corrected chi connectivity index (χ2v) is 6.83. The first-order valence-electron chi connectivity index (χ1n) is 9.04. The van der Waals surface area contributed by atoms with Gasteiger partial charge in [-0.3, -0.25) is 9.89 Å². The molecule has 0 aliphatic carbocycles. The third-order valence-corrected chi connectivity index (χ3v) is 4.87. The monoisotopic (exact) mass is 406 g/mol. The number of methoxy groups -OCH3 is 1. The molecule has 8 heteroatoms. The van der Waals surface area contributed by atoms with E-state index in [1.165, 1.54) is 6.07 Å². The maximum absolute atomic E-state index is 13.7. The molecule has 2 aromatic carbocycles. The van der Waals surface area contributed by atoms with Crippen LogP contribution in [-0.2, 0) is 4.74 Å². The number of ether oxygens (including phenoxy) is 2. The summed E-state index contributed by atoms with van der Waals surface area (Å²) < 4.78 is 24.3. The van der Waals surface area contributed by atoms with Crippen molar-refractivity contribution >= 4 is 23.2 Å². The summed E-state index contributed by atoms with van der Waals surface area (Å²) in [4.78, 5) is 6.71. The van der Waals surface area contributed by atoms with Crippen molar-refractivity contribution in [2.75, 3.05) is 45.3 Å². The van der Waals surface area contributed by atoms with Crippen molar-refractivity contribution in [2.45, 2.75) is 6.04 Å². The minimum absolute atomic E-state index is 0.0839. The number of rotatable bonds is 6. The third kappa shape index (κ3) is 5.34. The fourth-order valence-corrected chi connectivity index (χ4v) is 3.41. The zero-order valence-electron chi connectivity index (χ0n) is 15.7. The maximum Gasteiger partial charge on any atom is 0.193 e. The van der Waals surface area contributed by atoms with Crippen LogP contribution in [0.4, 0.5) is 10.1 Å². The first-order chi connectivity index (χ1) is 13.6. The van der Waals surface area contributed by atoms with Crippen molar-refractivity contribution < 1.29 is 13.9 Å². The second-order valence-electron chi connectivity index (χ2n) is 6.42. The summed E-state index contributed by atoms with van der Waals surface area (Å²) in [6.45, 7) is 3.21. The largest absolute Gasteiger partial charge is 0.495 e. The molecule has 1 heterocycles. The molecule has 6 nitrogen and oxygen atoms in total. The number of anilines is 1. The van der Waals surface area contributed by atoms with Gasteiger partial charge >= 0.3 is 0 Å².